The number of nitrogens with zero attached hydrogens (tertiary/aromatic N) is 2. The van der Waals surface area contributed by atoms with E-state index in [0.29, 0.717) is 6.54 Å². The van der Waals surface area contributed by atoms with Crippen LogP contribution < -0.4 is 5.56 Å². The molecule has 0 radical (unpaired) electrons. The third-order valence-electron chi connectivity index (χ3n) is 4.60. The van der Waals surface area contributed by atoms with Crippen LogP contribution in [0.4, 0.5) is 0 Å². The van der Waals surface area contributed by atoms with Gasteiger partial charge in [-0.15, -0.1) is 11.3 Å². The van der Waals surface area contributed by atoms with Crippen LogP contribution in [0.25, 0.3) is 10.2 Å². The van der Waals surface area contributed by atoms with Gasteiger partial charge in [-0.25, -0.2) is 4.98 Å². The molecule has 0 atom stereocenters. The second-order valence-corrected chi connectivity index (χ2v) is 7.23. The molecular weight excluding hydrogens is 298 g/mol. The molecule has 1 N–H and O–H groups in total. The number of aromatic amines is 1. The second-order valence-electron chi connectivity index (χ2n) is 6.15. The van der Waals surface area contributed by atoms with Gasteiger partial charge in [0.15, 0.2) is 0 Å². The van der Waals surface area contributed by atoms with Crippen molar-refractivity contribution >= 4 is 21.6 Å². The van der Waals surface area contributed by atoms with Gasteiger partial charge >= 0.3 is 0 Å². The number of H-pyrrole nitrogens is 1. The SMILES string of the molecule is O=c1[nH]c(CN2CCOCC2)nc2sc3c(c12)CCCCC3. The third kappa shape index (κ3) is 2.71. The van der Waals surface area contributed by atoms with Crippen molar-refractivity contribution in [3.8, 4) is 0 Å². The molecule has 2 aromatic rings. The summed E-state index contributed by atoms with van der Waals surface area (Å²) in [6.07, 6.45) is 5.83. The average Bonchev–Trinajstić information content (AvgIpc) is 2.71. The minimum absolute atomic E-state index is 0.0488. The predicted octanol–water partition coefficient (Wildman–Crippen LogP) is 2.09. The van der Waals surface area contributed by atoms with E-state index in [-0.39, 0.29) is 5.56 Å². The van der Waals surface area contributed by atoms with E-state index in [9.17, 15) is 4.79 Å². The Bertz CT molecular complexity index is 731. The Kier molecular flexibility index (Phi) is 3.98. The molecule has 0 aromatic carbocycles. The van der Waals surface area contributed by atoms with Gasteiger partial charge in [0.25, 0.3) is 5.56 Å². The molecule has 5 nitrogen and oxygen atoms in total. The molecule has 4 rings (SSSR count). The maximum atomic E-state index is 12.6. The lowest BCUT2D eigenvalue weighted by Gasteiger charge is -2.25. The van der Waals surface area contributed by atoms with E-state index in [1.165, 1.54) is 29.7 Å². The van der Waals surface area contributed by atoms with Crippen molar-refractivity contribution in [3.63, 3.8) is 0 Å². The molecule has 0 amide bonds. The molecule has 2 aromatic heterocycles. The summed E-state index contributed by atoms with van der Waals surface area (Å²) in [5.74, 6) is 0.788. The fourth-order valence-electron chi connectivity index (χ4n) is 3.43. The molecule has 2 aliphatic rings. The predicted molar refractivity (Wildman–Crippen MR) is 87.6 cm³/mol. The molecule has 1 saturated heterocycles. The summed E-state index contributed by atoms with van der Waals surface area (Å²) >= 11 is 1.73. The fourth-order valence-corrected chi connectivity index (χ4v) is 4.71. The van der Waals surface area contributed by atoms with E-state index in [0.717, 1.165) is 55.2 Å². The number of rotatable bonds is 2. The number of aryl methyl sites for hydroxylation is 2. The van der Waals surface area contributed by atoms with Crippen LogP contribution in [0.2, 0.25) is 0 Å². The van der Waals surface area contributed by atoms with Crippen LogP contribution in [0, 0.1) is 0 Å². The zero-order valence-corrected chi connectivity index (χ0v) is 13.5. The molecule has 0 spiro atoms. The smallest absolute Gasteiger partial charge is 0.259 e. The fraction of sp³-hybridized carbons (Fsp3) is 0.625. The van der Waals surface area contributed by atoms with Crippen LogP contribution in [0.15, 0.2) is 4.79 Å². The highest BCUT2D eigenvalue weighted by molar-refractivity contribution is 7.18. The van der Waals surface area contributed by atoms with E-state index in [1.807, 2.05) is 0 Å². The highest BCUT2D eigenvalue weighted by Gasteiger charge is 2.19. The molecule has 22 heavy (non-hydrogen) atoms. The molecular formula is C16H21N3O2S. The summed E-state index contributed by atoms with van der Waals surface area (Å²) in [6, 6.07) is 0. The van der Waals surface area contributed by atoms with Gasteiger partial charge in [-0.05, 0) is 31.2 Å². The highest BCUT2D eigenvalue weighted by atomic mass is 32.1. The van der Waals surface area contributed by atoms with Crippen molar-refractivity contribution < 1.29 is 4.74 Å². The van der Waals surface area contributed by atoms with Crippen LogP contribution in [0.3, 0.4) is 0 Å². The lowest BCUT2D eigenvalue weighted by atomic mass is 10.1. The van der Waals surface area contributed by atoms with Gasteiger partial charge in [0.1, 0.15) is 10.7 Å². The first-order valence-corrected chi connectivity index (χ1v) is 8.96. The standard InChI is InChI=1S/C16H21N3O2S/c20-15-14-11-4-2-1-3-5-12(11)22-16(14)18-13(17-15)10-19-6-8-21-9-7-19/h1-10H2,(H,17,18,20). The number of morpholine rings is 1. The second kappa shape index (κ2) is 6.10. The molecule has 0 bridgehead atoms. The quantitative estimate of drug-likeness (QED) is 0.861. The van der Waals surface area contributed by atoms with Crippen molar-refractivity contribution in [1.29, 1.82) is 0 Å². The Labute approximate surface area is 133 Å². The van der Waals surface area contributed by atoms with Crippen molar-refractivity contribution in [1.82, 2.24) is 14.9 Å². The van der Waals surface area contributed by atoms with Crippen molar-refractivity contribution in [2.45, 2.75) is 38.6 Å². The Morgan fingerprint density at radius 2 is 2.00 bits per heavy atom. The lowest BCUT2D eigenvalue weighted by molar-refractivity contribution is 0.0331. The summed E-state index contributed by atoms with van der Waals surface area (Å²) in [5, 5.41) is 0.854. The molecule has 118 valence electrons. The Hall–Kier alpha value is -1.24. The van der Waals surface area contributed by atoms with Crippen LogP contribution in [-0.4, -0.2) is 41.2 Å². The van der Waals surface area contributed by atoms with Crippen molar-refractivity contribution in [2.75, 3.05) is 26.3 Å². The van der Waals surface area contributed by atoms with Crippen molar-refractivity contribution in [2.24, 2.45) is 0 Å². The Morgan fingerprint density at radius 3 is 2.86 bits per heavy atom. The molecule has 3 heterocycles. The van der Waals surface area contributed by atoms with Gasteiger partial charge in [-0.3, -0.25) is 9.69 Å². The lowest BCUT2D eigenvalue weighted by Crippen LogP contribution is -2.36. The number of hydrogen-bond acceptors (Lipinski definition) is 5. The first-order valence-electron chi connectivity index (χ1n) is 8.15. The molecule has 1 aliphatic carbocycles. The minimum Gasteiger partial charge on any atom is -0.379 e. The van der Waals surface area contributed by atoms with Crippen LogP contribution >= 0.6 is 11.3 Å². The highest BCUT2D eigenvalue weighted by Crippen LogP contribution is 2.32. The van der Waals surface area contributed by atoms with Crippen molar-refractivity contribution in [3.05, 3.63) is 26.6 Å². The number of thiophene rings is 1. The molecule has 0 saturated carbocycles. The Morgan fingerprint density at radius 1 is 1.18 bits per heavy atom. The summed E-state index contributed by atoms with van der Waals surface area (Å²) in [6.45, 7) is 4.04. The molecule has 1 fully saturated rings. The van der Waals surface area contributed by atoms with Crippen LogP contribution in [-0.2, 0) is 24.1 Å². The Balaban J connectivity index is 1.69. The van der Waals surface area contributed by atoms with Crippen LogP contribution in [0.5, 0.6) is 0 Å². The van der Waals surface area contributed by atoms with Gasteiger partial charge in [0.05, 0.1) is 25.1 Å². The summed E-state index contributed by atoms with van der Waals surface area (Å²) in [7, 11) is 0. The summed E-state index contributed by atoms with van der Waals surface area (Å²) < 4.78 is 5.37. The number of ether oxygens (including phenoxy) is 1. The molecule has 1 aliphatic heterocycles. The zero-order chi connectivity index (χ0) is 14.9. The number of hydrogen-bond donors (Lipinski definition) is 1. The maximum Gasteiger partial charge on any atom is 0.259 e. The zero-order valence-electron chi connectivity index (χ0n) is 12.7. The first kappa shape index (κ1) is 14.4. The van der Waals surface area contributed by atoms with E-state index in [4.69, 9.17) is 9.72 Å². The van der Waals surface area contributed by atoms with Gasteiger partial charge in [-0.1, -0.05) is 6.42 Å². The maximum absolute atomic E-state index is 12.6. The largest absolute Gasteiger partial charge is 0.379 e. The van der Waals surface area contributed by atoms with Gasteiger partial charge in [0, 0.05) is 18.0 Å². The van der Waals surface area contributed by atoms with E-state index in [2.05, 4.69) is 9.88 Å². The minimum atomic E-state index is 0.0488. The van der Waals surface area contributed by atoms with E-state index < -0.39 is 0 Å². The van der Waals surface area contributed by atoms with Crippen LogP contribution in [0.1, 0.15) is 35.5 Å². The normalized spacial score (nSPS) is 20.0. The third-order valence-corrected chi connectivity index (χ3v) is 5.79. The molecule has 6 heteroatoms. The average molecular weight is 319 g/mol. The first-order chi connectivity index (χ1) is 10.8. The van der Waals surface area contributed by atoms with E-state index >= 15 is 0 Å². The topological polar surface area (TPSA) is 58.2 Å². The summed E-state index contributed by atoms with van der Waals surface area (Å²) in [4.78, 5) is 24.9. The molecule has 0 unspecified atom stereocenters. The monoisotopic (exact) mass is 319 g/mol. The van der Waals surface area contributed by atoms with Gasteiger partial charge < -0.3 is 9.72 Å². The van der Waals surface area contributed by atoms with E-state index in [1.54, 1.807) is 11.3 Å². The number of nitrogens with one attached hydrogen (secondary N) is 1. The number of aromatic nitrogens is 2. The number of fused-ring (bicyclic) bond motifs is 3. The van der Waals surface area contributed by atoms with Gasteiger partial charge in [0.2, 0.25) is 0 Å². The summed E-state index contributed by atoms with van der Waals surface area (Å²) in [5.41, 5.74) is 1.32. The van der Waals surface area contributed by atoms with Gasteiger partial charge in [-0.2, -0.15) is 0 Å².